The first-order valence-electron chi connectivity index (χ1n) is 5.80. The van der Waals surface area contributed by atoms with Crippen LogP contribution < -0.4 is 11.1 Å². The predicted molar refractivity (Wildman–Crippen MR) is 78.3 cm³/mol. The first-order valence-corrected chi connectivity index (χ1v) is 6.21. The molecule has 0 aliphatic rings. The average molecular weight is 260 g/mol. The largest absolute Gasteiger partial charge is 0.389 e. The zero-order valence-electron chi connectivity index (χ0n) is 10.5. The van der Waals surface area contributed by atoms with Gasteiger partial charge in [-0.3, -0.25) is 4.68 Å². The van der Waals surface area contributed by atoms with Crippen molar-refractivity contribution in [3.63, 3.8) is 0 Å². The molecule has 0 bridgehead atoms. The Morgan fingerprint density at radius 1 is 1.50 bits per heavy atom. The molecule has 4 nitrogen and oxygen atoms in total. The fourth-order valence-electron chi connectivity index (χ4n) is 1.71. The highest BCUT2D eigenvalue weighted by molar-refractivity contribution is 7.80. The van der Waals surface area contributed by atoms with Crippen molar-refractivity contribution in [3.8, 4) is 0 Å². The Morgan fingerprint density at radius 3 is 2.83 bits per heavy atom. The molecule has 0 fully saturated rings. The molecule has 0 amide bonds. The van der Waals surface area contributed by atoms with E-state index in [9.17, 15) is 0 Å². The molecule has 18 heavy (non-hydrogen) atoms. The van der Waals surface area contributed by atoms with Gasteiger partial charge in [-0.2, -0.15) is 5.10 Å². The van der Waals surface area contributed by atoms with Gasteiger partial charge < -0.3 is 11.1 Å². The van der Waals surface area contributed by atoms with Crippen LogP contribution in [0, 0.1) is 6.92 Å². The number of benzene rings is 1. The van der Waals surface area contributed by atoms with Crippen LogP contribution >= 0.6 is 12.2 Å². The van der Waals surface area contributed by atoms with Crippen molar-refractivity contribution >= 4 is 28.6 Å². The minimum atomic E-state index is 0.420. The van der Waals surface area contributed by atoms with Crippen LogP contribution in [-0.4, -0.2) is 14.8 Å². The van der Waals surface area contributed by atoms with Gasteiger partial charge in [0, 0.05) is 24.0 Å². The Labute approximate surface area is 112 Å². The Hall–Kier alpha value is -1.88. The van der Waals surface area contributed by atoms with E-state index in [1.54, 1.807) is 0 Å². The monoisotopic (exact) mass is 260 g/mol. The molecule has 0 unspecified atom stereocenters. The zero-order valence-corrected chi connectivity index (χ0v) is 11.3. The van der Waals surface area contributed by atoms with Crippen molar-refractivity contribution in [2.75, 3.05) is 5.32 Å². The molecule has 5 heteroatoms. The molecule has 0 spiro atoms. The molecule has 2 rings (SSSR count). The summed E-state index contributed by atoms with van der Waals surface area (Å²) < 4.78 is 1.88. The summed E-state index contributed by atoms with van der Waals surface area (Å²) in [6.45, 7) is 4.94. The van der Waals surface area contributed by atoms with Crippen molar-refractivity contribution < 1.29 is 0 Å². The number of nitrogens with zero attached hydrogens (tertiary/aromatic N) is 2. The molecule has 0 saturated carbocycles. The molecule has 94 valence electrons. The van der Waals surface area contributed by atoms with Gasteiger partial charge in [0.1, 0.15) is 4.99 Å². The lowest BCUT2D eigenvalue weighted by molar-refractivity contribution is 0.660. The number of hydrogen-bond donors (Lipinski definition) is 2. The molecule has 0 aliphatic carbocycles. The van der Waals surface area contributed by atoms with Crippen LogP contribution in [0.3, 0.4) is 0 Å². The third kappa shape index (κ3) is 2.68. The second kappa shape index (κ2) is 5.18. The SMILES string of the molecule is CCn1cc(Nc2ccc(C(N)=S)cc2C)cn1. The molecule has 2 aromatic rings. The smallest absolute Gasteiger partial charge is 0.103 e. The topological polar surface area (TPSA) is 55.9 Å². The van der Waals surface area contributed by atoms with Crippen molar-refractivity contribution in [2.45, 2.75) is 20.4 Å². The van der Waals surface area contributed by atoms with Crippen molar-refractivity contribution in [1.29, 1.82) is 0 Å². The van der Waals surface area contributed by atoms with Gasteiger partial charge in [0.25, 0.3) is 0 Å². The van der Waals surface area contributed by atoms with Crippen LogP contribution in [-0.2, 0) is 6.54 Å². The van der Waals surface area contributed by atoms with Gasteiger partial charge >= 0.3 is 0 Å². The van der Waals surface area contributed by atoms with E-state index in [1.165, 1.54) is 0 Å². The molecule has 1 aromatic carbocycles. The lowest BCUT2D eigenvalue weighted by Gasteiger charge is -2.09. The highest BCUT2D eigenvalue weighted by Crippen LogP contribution is 2.21. The normalized spacial score (nSPS) is 10.3. The van der Waals surface area contributed by atoms with Crippen LogP contribution in [0.5, 0.6) is 0 Å². The maximum atomic E-state index is 5.60. The first-order chi connectivity index (χ1) is 8.60. The van der Waals surface area contributed by atoms with E-state index in [0.29, 0.717) is 4.99 Å². The van der Waals surface area contributed by atoms with Crippen molar-refractivity contribution in [1.82, 2.24) is 9.78 Å². The number of nitrogens with two attached hydrogens (primary N) is 1. The van der Waals surface area contributed by atoms with Gasteiger partial charge in [-0.15, -0.1) is 0 Å². The van der Waals surface area contributed by atoms with Crippen LogP contribution in [0.1, 0.15) is 18.1 Å². The average Bonchev–Trinajstić information content (AvgIpc) is 2.79. The third-order valence-electron chi connectivity index (χ3n) is 2.75. The van der Waals surface area contributed by atoms with E-state index in [4.69, 9.17) is 18.0 Å². The van der Waals surface area contributed by atoms with E-state index < -0.39 is 0 Å². The maximum absolute atomic E-state index is 5.60. The van der Waals surface area contributed by atoms with E-state index in [1.807, 2.05) is 42.2 Å². The summed E-state index contributed by atoms with van der Waals surface area (Å²) in [5.74, 6) is 0. The summed E-state index contributed by atoms with van der Waals surface area (Å²) in [6, 6.07) is 5.88. The third-order valence-corrected chi connectivity index (χ3v) is 2.98. The van der Waals surface area contributed by atoms with Crippen molar-refractivity contribution in [3.05, 3.63) is 41.7 Å². The summed E-state index contributed by atoms with van der Waals surface area (Å²) in [5, 5.41) is 7.55. The van der Waals surface area contributed by atoms with E-state index >= 15 is 0 Å². The minimum Gasteiger partial charge on any atom is -0.389 e. The summed E-state index contributed by atoms with van der Waals surface area (Å²) in [7, 11) is 0. The number of thiocarbonyl (C=S) groups is 1. The van der Waals surface area contributed by atoms with Gasteiger partial charge in [-0.05, 0) is 37.6 Å². The molecule has 0 aliphatic heterocycles. The highest BCUT2D eigenvalue weighted by atomic mass is 32.1. The lowest BCUT2D eigenvalue weighted by atomic mass is 10.1. The standard InChI is InChI=1S/C13H16N4S/c1-3-17-8-11(7-15-17)16-12-5-4-10(13(14)18)6-9(12)2/h4-8,16H,3H2,1-2H3,(H2,14,18). The van der Waals surface area contributed by atoms with E-state index in [-0.39, 0.29) is 0 Å². The van der Waals surface area contributed by atoms with Gasteiger partial charge in [0.15, 0.2) is 0 Å². The zero-order chi connectivity index (χ0) is 13.1. The molecule has 0 atom stereocenters. The van der Waals surface area contributed by atoms with Crippen LogP contribution in [0.15, 0.2) is 30.6 Å². The first kappa shape index (κ1) is 12.6. The Balaban J connectivity index is 2.21. The van der Waals surface area contributed by atoms with E-state index in [2.05, 4.69) is 17.3 Å². The number of hydrogen-bond acceptors (Lipinski definition) is 3. The van der Waals surface area contributed by atoms with Gasteiger partial charge in [-0.25, -0.2) is 0 Å². The van der Waals surface area contributed by atoms with Crippen LogP contribution in [0.4, 0.5) is 11.4 Å². The predicted octanol–water partition coefficient (Wildman–Crippen LogP) is 2.59. The number of nitrogens with one attached hydrogen (secondary N) is 1. The number of aryl methyl sites for hydroxylation is 2. The molecule has 1 aromatic heterocycles. The second-order valence-corrected chi connectivity index (χ2v) is 4.54. The number of aromatic nitrogens is 2. The van der Waals surface area contributed by atoms with Crippen LogP contribution in [0.2, 0.25) is 0 Å². The summed E-state index contributed by atoms with van der Waals surface area (Å²) in [4.78, 5) is 0.420. The minimum absolute atomic E-state index is 0.420. The van der Waals surface area contributed by atoms with Crippen LogP contribution in [0.25, 0.3) is 0 Å². The molecule has 1 heterocycles. The van der Waals surface area contributed by atoms with Gasteiger partial charge in [0.2, 0.25) is 0 Å². The number of anilines is 2. The quantitative estimate of drug-likeness (QED) is 0.830. The summed E-state index contributed by atoms with van der Waals surface area (Å²) in [6.07, 6.45) is 3.78. The summed E-state index contributed by atoms with van der Waals surface area (Å²) >= 11 is 4.96. The fraction of sp³-hybridized carbons (Fsp3) is 0.231. The molecular weight excluding hydrogens is 244 g/mol. The molecule has 3 N–H and O–H groups in total. The summed E-state index contributed by atoms with van der Waals surface area (Å²) in [5.41, 5.74) is 9.60. The Bertz CT molecular complexity index is 574. The number of rotatable bonds is 4. The molecular formula is C13H16N4S. The van der Waals surface area contributed by atoms with Gasteiger partial charge in [0.05, 0.1) is 11.9 Å². The highest BCUT2D eigenvalue weighted by Gasteiger charge is 2.03. The lowest BCUT2D eigenvalue weighted by Crippen LogP contribution is -2.09. The van der Waals surface area contributed by atoms with E-state index in [0.717, 1.165) is 29.0 Å². The molecule has 0 saturated heterocycles. The maximum Gasteiger partial charge on any atom is 0.103 e. The fourth-order valence-corrected chi connectivity index (χ4v) is 1.84. The molecule has 0 radical (unpaired) electrons. The van der Waals surface area contributed by atoms with Gasteiger partial charge in [-0.1, -0.05) is 12.2 Å². The van der Waals surface area contributed by atoms with Crippen molar-refractivity contribution in [2.24, 2.45) is 5.73 Å². The Morgan fingerprint density at radius 2 is 2.28 bits per heavy atom. The second-order valence-electron chi connectivity index (χ2n) is 4.10. The Kier molecular flexibility index (Phi) is 3.62.